The first-order chi connectivity index (χ1) is 13.8. The summed E-state index contributed by atoms with van der Waals surface area (Å²) in [5, 5.41) is 0. The van der Waals surface area contributed by atoms with E-state index >= 15 is 0 Å². The Bertz CT molecular complexity index is 1040. The zero-order chi connectivity index (χ0) is 19.2. The lowest BCUT2D eigenvalue weighted by molar-refractivity contribution is 0.968. The molecule has 0 spiro atoms. The molecule has 3 nitrogen and oxygen atoms in total. The molecule has 2 aromatic carbocycles. The molecule has 0 saturated heterocycles. The third kappa shape index (κ3) is 4.49. The fourth-order valence-corrected chi connectivity index (χ4v) is 3.32. The summed E-state index contributed by atoms with van der Waals surface area (Å²) < 4.78 is 0. The number of nitrogens with zero attached hydrogens (tertiary/aromatic N) is 3. The van der Waals surface area contributed by atoms with Crippen molar-refractivity contribution in [1.29, 1.82) is 0 Å². The van der Waals surface area contributed by atoms with Crippen LogP contribution in [0.15, 0.2) is 85.3 Å². The van der Waals surface area contributed by atoms with E-state index in [2.05, 4.69) is 65.4 Å². The van der Waals surface area contributed by atoms with Crippen molar-refractivity contribution in [3.05, 3.63) is 113 Å². The Morgan fingerprint density at radius 1 is 0.714 bits per heavy atom. The summed E-state index contributed by atoms with van der Waals surface area (Å²) in [6, 6.07) is 23.5. The van der Waals surface area contributed by atoms with Gasteiger partial charge < -0.3 is 0 Å². The van der Waals surface area contributed by atoms with Gasteiger partial charge in [0, 0.05) is 30.6 Å². The van der Waals surface area contributed by atoms with Gasteiger partial charge in [-0.1, -0.05) is 55.5 Å². The van der Waals surface area contributed by atoms with Gasteiger partial charge in [-0.2, -0.15) is 0 Å². The van der Waals surface area contributed by atoms with Crippen molar-refractivity contribution in [3.63, 3.8) is 0 Å². The zero-order valence-electron chi connectivity index (χ0n) is 16.0. The highest BCUT2D eigenvalue weighted by Gasteiger charge is 2.05. The number of aryl methyl sites for hydroxylation is 1. The van der Waals surface area contributed by atoms with Crippen LogP contribution in [-0.4, -0.2) is 15.0 Å². The Labute approximate surface area is 166 Å². The van der Waals surface area contributed by atoms with Crippen LogP contribution in [0.3, 0.4) is 0 Å². The summed E-state index contributed by atoms with van der Waals surface area (Å²) >= 11 is 0. The van der Waals surface area contributed by atoms with E-state index in [0.29, 0.717) is 0 Å². The highest BCUT2D eigenvalue weighted by atomic mass is 14.9. The van der Waals surface area contributed by atoms with Crippen LogP contribution in [-0.2, 0) is 19.3 Å². The molecule has 2 heterocycles. The molecule has 0 aliphatic carbocycles. The van der Waals surface area contributed by atoms with Crippen molar-refractivity contribution in [2.75, 3.05) is 0 Å². The first kappa shape index (κ1) is 18.1. The molecule has 4 aromatic rings. The minimum atomic E-state index is 0.719. The van der Waals surface area contributed by atoms with Gasteiger partial charge in [0.05, 0.1) is 5.69 Å². The van der Waals surface area contributed by atoms with E-state index in [1.807, 2.05) is 30.6 Å². The maximum atomic E-state index is 4.72. The van der Waals surface area contributed by atoms with Crippen LogP contribution in [0.4, 0.5) is 0 Å². The second-order valence-corrected chi connectivity index (χ2v) is 6.94. The minimum Gasteiger partial charge on any atom is -0.264 e. The van der Waals surface area contributed by atoms with E-state index in [0.717, 1.165) is 36.3 Å². The molecule has 4 rings (SSSR count). The van der Waals surface area contributed by atoms with Crippen LogP contribution in [0, 0.1) is 0 Å². The summed E-state index contributed by atoms with van der Waals surface area (Å²) in [6.07, 6.45) is 8.16. The average Bonchev–Trinajstić information content (AvgIpc) is 2.75. The lowest BCUT2D eigenvalue weighted by Crippen LogP contribution is -1.99. The standard InChI is InChI=1S/C25H23N3/c1-2-19-8-10-20(11-9-19)15-21-5-3-6-22(16-21)17-25-27-14-12-24(28-25)23-7-4-13-26-18-23/h3-14,16,18H,2,15,17H2,1H3. The summed E-state index contributed by atoms with van der Waals surface area (Å²) in [5.41, 5.74) is 7.17. The van der Waals surface area contributed by atoms with Gasteiger partial charge in [-0.05, 0) is 53.3 Å². The lowest BCUT2D eigenvalue weighted by atomic mass is 10.0. The average molecular weight is 365 g/mol. The number of hydrogen-bond acceptors (Lipinski definition) is 3. The van der Waals surface area contributed by atoms with Crippen LogP contribution < -0.4 is 0 Å². The molecule has 0 atom stereocenters. The van der Waals surface area contributed by atoms with Gasteiger partial charge in [-0.25, -0.2) is 9.97 Å². The van der Waals surface area contributed by atoms with Crippen LogP contribution >= 0.6 is 0 Å². The molecular formula is C25H23N3. The number of aromatic nitrogens is 3. The van der Waals surface area contributed by atoms with Crippen LogP contribution in [0.2, 0.25) is 0 Å². The Morgan fingerprint density at radius 2 is 1.50 bits per heavy atom. The molecule has 138 valence electrons. The first-order valence-electron chi connectivity index (χ1n) is 9.68. The molecule has 3 heteroatoms. The SMILES string of the molecule is CCc1ccc(Cc2cccc(Cc3nccc(-c4cccnc4)n3)c2)cc1. The van der Waals surface area contributed by atoms with Gasteiger partial charge >= 0.3 is 0 Å². The molecule has 28 heavy (non-hydrogen) atoms. The Balaban J connectivity index is 1.50. The van der Waals surface area contributed by atoms with E-state index in [-0.39, 0.29) is 0 Å². The largest absolute Gasteiger partial charge is 0.264 e. The zero-order valence-corrected chi connectivity index (χ0v) is 16.0. The van der Waals surface area contributed by atoms with Gasteiger partial charge in [0.15, 0.2) is 0 Å². The predicted octanol–water partition coefficient (Wildman–Crippen LogP) is 5.28. The van der Waals surface area contributed by atoms with Crippen LogP contribution in [0.25, 0.3) is 11.3 Å². The van der Waals surface area contributed by atoms with Crippen LogP contribution in [0.1, 0.15) is 35.0 Å². The van der Waals surface area contributed by atoms with E-state index in [1.165, 1.54) is 22.3 Å². The molecule has 0 aliphatic heterocycles. The fraction of sp³-hybridized carbons (Fsp3) is 0.160. The number of hydrogen-bond donors (Lipinski definition) is 0. The maximum absolute atomic E-state index is 4.72. The summed E-state index contributed by atoms with van der Waals surface area (Å²) in [6.45, 7) is 2.18. The number of rotatable bonds is 6. The first-order valence-corrected chi connectivity index (χ1v) is 9.68. The maximum Gasteiger partial charge on any atom is 0.133 e. The summed E-state index contributed by atoms with van der Waals surface area (Å²) in [5.74, 6) is 0.825. The monoisotopic (exact) mass is 365 g/mol. The van der Waals surface area contributed by atoms with Crippen molar-refractivity contribution < 1.29 is 0 Å². The molecule has 0 N–H and O–H groups in total. The van der Waals surface area contributed by atoms with Gasteiger partial charge in [0.25, 0.3) is 0 Å². The lowest BCUT2D eigenvalue weighted by Gasteiger charge is -2.07. The van der Waals surface area contributed by atoms with Crippen LogP contribution in [0.5, 0.6) is 0 Å². The third-order valence-corrected chi connectivity index (χ3v) is 4.86. The molecule has 0 unspecified atom stereocenters. The minimum absolute atomic E-state index is 0.719. The Kier molecular flexibility index (Phi) is 5.53. The third-order valence-electron chi connectivity index (χ3n) is 4.86. The summed E-state index contributed by atoms with van der Waals surface area (Å²) in [7, 11) is 0. The fourth-order valence-electron chi connectivity index (χ4n) is 3.32. The smallest absolute Gasteiger partial charge is 0.133 e. The topological polar surface area (TPSA) is 38.7 Å². The number of pyridine rings is 1. The van der Waals surface area contributed by atoms with Gasteiger partial charge in [0.1, 0.15) is 5.82 Å². The molecular weight excluding hydrogens is 342 g/mol. The van der Waals surface area contributed by atoms with Crippen molar-refractivity contribution in [3.8, 4) is 11.3 Å². The normalized spacial score (nSPS) is 10.8. The summed E-state index contributed by atoms with van der Waals surface area (Å²) in [4.78, 5) is 13.4. The Morgan fingerprint density at radius 3 is 2.25 bits per heavy atom. The number of benzene rings is 2. The van der Waals surface area contributed by atoms with Crippen molar-refractivity contribution in [1.82, 2.24) is 15.0 Å². The molecule has 0 amide bonds. The molecule has 0 saturated carbocycles. The van der Waals surface area contributed by atoms with Gasteiger partial charge in [-0.15, -0.1) is 0 Å². The second-order valence-electron chi connectivity index (χ2n) is 6.94. The highest BCUT2D eigenvalue weighted by molar-refractivity contribution is 5.56. The van der Waals surface area contributed by atoms with E-state index < -0.39 is 0 Å². The van der Waals surface area contributed by atoms with Gasteiger partial charge in [0.2, 0.25) is 0 Å². The van der Waals surface area contributed by atoms with E-state index in [9.17, 15) is 0 Å². The quantitative estimate of drug-likeness (QED) is 0.466. The molecule has 0 aliphatic rings. The van der Waals surface area contributed by atoms with E-state index in [1.54, 1.807) is 6.20 Å². The van der Waals surface area contributed by atoms with Crippen molar-refractivity contribution in [2.45, 2.75) is 26.2 Å². The molecule has 0 radical (unpaired) electrons. The highest BCUT2D eigenvalue weighted by Crippen LogP contribution is 2.17. The molecule has 0 fully saturated rings. The van der Waals surface area contributed by atoms with Gasteiger partial charge in [-0.3, -0.25) is 4.98 Å². The second kappa shape index (κ2) is 8.57. The van der Waals surface area contributed by atoms with E-state index in [4.69, 9.17) is 4.98 Å². The predicted molar refractivity (Wildman–Crippen MR) is 113 cm³/mol. The molecule has 2 aromatic heterocycles. The molecule has 0 bridgehead atoms. The van der Waals surface area contributed by atoms with Crippen molar-refractivity contribution in [2.24, 2.45) is 0 Å². The van der Waals surface area contributed by atoms with Crippen molar-refractivity contribution >= 4 is 0 Å². The Hall–Kier alpha value is -3.33.